The van der Waals surface area contributed by atoms with E-state index < -0.39 is 34.4 Å². The fourth-order valence-corrected chi connectivity index (χ4v) is 5.47. The zero-order chi connectivity index (χ0) is 28.0. The molecule has 0 radical (unpaired) electrons. The van der Waals surface area contributed by atoms with Gasteiger partial charge < -0.3 is 25.1 Å². The summed E-state index contributed by atoms with van der Waals surface area (Å²) in [5.41, 5.74) is 1.86. The van der Waals surface area contributed by atoms with E-state index in [2.05, 4.69) is 25.2 Å². The summed E-state index contributed by atoms with van der Waals surface area (Å²) in [6.07, 6.45) is 3.41. The number of hydrogen-bond acceptors (Lipinski definition) is 5. The number of pyridine rings is 1. The van der Waals surface area contributed by atoms with E-state index in [4.69, 9.17) is 0 Å². The number of aromatic amines is 2. The third-order valence-corrected chi connectivity index (χ3v) is 7.56. The van der Waals surface area contributed by atoms with Gasteiger partial charge in [0, 0.05) is 49.6 Å². The molecule has 2 aromatic carbocycles. The Morgan fingerprint density at radius 1 is 0.975 bits per heavy atom. The summed E-state index contributed by atoms with van der Waals surface area (Å²) in [6.45, 7) is 4.02. The molecule has 4 heterocycles. The molecular formula is C28H26F4N6O2. The molecule has 6 rings (SSSR count). The van der Waals surface area contributed by atoms with Gasteiger partial charge in [0.2, 0.25) is 0 Å². The molecule has 0 atom stereocenters. The molecule has 1 fully saturated rings. The number of nitrogens with zero attached hydrogens (tertiary/aromatic N) is 3. The van der Waals surface area contributed by atoms with Crippen molar-refractivity contribution in [2.75, 3.05) is 38.0 Å². The minimum absolute atomic E-state index is 0.0474. The van der Waals surface area contributed by atoms with Gasteiger partial charge in [0.25, 0.3) is 11.5 Å². The van der Waals surface area contributed by atoms with Crippen molar-refractivity contribution in [1.29, 1.82) is 0 Å². The maximum Gasteiger partial charge on any atom is 0.261 e. The number of carbonyl (C=O) groups excluding carboxylic acids is 1. The number of fused-ring (bicyclic) bond motifs is 2. The maximum atomic E-state index is 14.1. The second-order valence-electron chi connectivity index (χ2n) is 10.1. The van der Waals surface area contributed by atoms with Crippen molar-refractivity contribution in [1.82, 2.24) is 24.8 Å². The fraction of sp³-hybridized carbons (Fsp3) is 0.321. The van der Waals surface area contributed by atoms with Gasteiger partial charge in [-0.2, -0.15) is 0 Å². The van der Waals surface area contributed by atoms with Gasteiger partial charge in [-0.25, -0.2) is 22.5 Å². The molecule has 8 nitrogen and oxygen atoms in total. The highest BCUT2D eigenvalue weighted by atomic mass is 19.2. The molecule has 208 valence electrons. The van der Waals surface area contributed by atoms with Crippen LogP contribution in [-0.2, 0) is 13.0 Å². The van der Waals surface area contributed by atoms with Crippen LogP contribution in [0.2, 0.25) is 0 Å². The summed E-state index contributed by atoms with van der Waals surface area (Å²) in [6, 6.07) is 5.29. The van der Waals surface area contributed by atoms with Gasteiger partial charge in [-0.05, 0) is 56.1 Å². The zero-order valence-corrected chi connectivity index (χ0v) is 21.4. The number of amides is 1. The van der Waals surface area contributed by atoms with Gasteiger partial charge >= 0.3 is 0 Å². The van der Waals surface area contributed by atoms with Crippen LogP contribution in [0.4, 0.5) is 23.2 Å². The van der Waals surface area contributed by atoms with E-state index in [9.17, 15) is 27.2 Å². The molecule has 4 aromatic rings. The van der Waals surface area contributed by atoms with E-state index in [0.29, 0.717) is 35.4 Å². The van der Waals surface area contributed by atoms with Gasteiger partial charge in [0.1, 0.15) is 11.4 Å². The Balaban J connectivity index is 1.22. The molecule has 2 aliphatic rings. The predicted molar refractivity (Wildman–Crippen MR) is 141 cm³/mol. The van der Waals surface area contributed by atoms with E-state index in [1.54, 1.807) is 12.1 Å². The molecule has 1 saturated heterocycles. The Morgan fingerprint density at radius 3 is 2.48 bits per heavy atom. The number of rotatable bonds is 8. The highest BCUT2D eigenvalue weighted by Crippen LogP contribution is 2.30. The standard InChI is InChI=1S/C28H26F4N6O2/c29-18-13-19(30)25(32)16(24(18)31)3-5-33-20-4-6-34-27(39)23(20)26-35-21-11-15-14-38(10-9-37-7-1-2-8-37)28(40)17(15)12-22(21)36-26/h4,6,11-13H,1-3,5,7-10,14H2,(H,35,36)(H2,33,34,39). The van der Waals surface area contributed by atoms with Crippen LogP contribution in [-0.4, -0.2) is 63.4 Å². The molecule has 2 aliphatic heterocycles. The van der Waals surface area contributed by atoms with Crippen LogP contribution >= 0.6 is 0 Å². The average Bonchev–Trinajstić information content (AvgIpc) is 3.66. The predicted octanol–water partition coefficient (Wildman–Crippen LogP) is 4.18. The molecule has 0 unspecified atom stereocenters. The van der Waals surface area contributed by atoms with Gasteiger partial charge in [-0.3, -0.25) is 9.59 Å². The lowest BCUT2D eigenvalue weighted by Crippen LogP contribution is -2.33. The second kappa shape index (κ2) is 10.4. The topological polar surface area (TPSA) is 97.1 Å². The minimum Gasteiger partial charge on any atom is -0.384 e. The van der Waals surface area contributed by atoms with E-state index >= 15 is 0 Å². The third-order valence-electron chi connectivity index (χ3n) is 7.56. The van der Waals surface area contributed by atoms with Crippen molar-refractivity contribution in [2.45, 2.75) is 25.8 Å². The first kappa shape index (κ1) is 26.1. The van der Waals surface area contributed by atoms with Crippen LogP contribution in [0.3, 0.4) is 0 Å². The third kappa shape index (κ3) is 4.72. The summed E-state index contributed by atoms with van der Waals surface area (Å²) < 4.78 is 55.2. The summed E-state index contributed by atoms with van der Waals surface area (Å²) in [5, 5.41) is 2.91. The number of imidazole rings is 1. The molecule has 12 heteroatoms. The number of nitrogens with one attached hydrogen (secondary N) is 3. The number of likely N-dealkylation sites (tertiary alicyclic amines) is 1. The molecule has 0 spiro atoms. The number of halogens is 4. The van der Waals surface area contributed by atoms with Crippen molar-refractivity contribution in [3.8, 4) is 11.4 Å². The van der Waals surface area contributed by atoms with Crippen LogP contribution in [0.15, 0.2) is 35.3 Å². The van der Waals surface area contributed by atoms with Crippen LogP contribution < -0.4 is 10.9 Å². The highest BCUT2D eigenvalue weighted by Gasteiger charge is 2.29. The molecule has 0 saturated carbocycles. The van der Waals surface area contributed by atoms with E-state index in [1.165, 1.54) is 19.0 Å². The molecule has 2 aromatic heterocycles. The summed E-state index contributed by atoms with van der Waals surface area (Å²) in [4.78, 5) is 40.3. The molecule has 0 bridgehead atoms. The first-order valence-corrected chi connectivity index (χ1v) is 13.1. The number of benzene rings is 2. The van der Waals surface area contributed by atoms with Crippen LogP contribution in [0, 0.1) is 23.3 Å². The number of H-pyrrole nitrogens is 2. The first-order chi connectivity index (χ1) is 19.3. The smallest absolute Gasteiger partial charge is 0.261 e. The second-order valence-corrected chi connectivity index (χ2v) is 10.1. The SMILES string of the molecule is O=C1c2cc3nc(-c4c(NCCc5c(F)c(F)cc(F)c5F)cc[nH]c4=O)[nH]c3cc2CN1CCN1CCCC1. The van der Waals surface area contributed by atoms with Crippen LogP contribution in [0.25, 0.3) is 22.4 Å². The Kier molecular flexibility index (Phi) is 6.78. The van der Waals surface area contributed by atoms with Gasteiger partial charge in [-0.15, -0.1) is 0 Å². The first-order valence-electron chi connectivity index (χ1n) is 13.1. The lowest BCUT2D eigenvalue weighted by atomic mass is 10.1. The van der Waals surface area contributed by atoms with Crippen LogP contribution in [0.1, 0.15) is 34.3 Å². The van der Waals surface area contributed by atoms with E-state index in [0.717, 1.165) is 25.2 Å². The monoisotopic (exact) mass is 554 g/mol. The molecule has 3 N–H and O–H groups in total. The summed E-state index contributed by atoms with van der Waals surface area (Å²) >= 11 is 0. The minimum atomic E-state index is -1.48. The Morgan fingerprint density at radius 2 is 1.73 bits per heavy atom. The average molecular weight is 555 g/mol. The van der Waals surface area contributed by atoms with Crippen molar-refractivity contribution >= 4 is 22.6 Å². The number of hydrogen-bond donors (Lipinski definition) is 3. The maximum absolute atomic E-state index is 14.1. The normalized spacial score (nSPS) is 15.4. The Hall–Kier alpha value is -4.19. The molecule has 0 aliphatic carbocycles. The van der Waals surface area contributed by atoms with Crippen molar-refractivity contribution in [3.05, 3.63) is 80.8 Å². The van der Waals surface area contributed by atoms with Gasteiger partial charge in [0.15, 0.2) is 23.3 Å². The van der Waals surface area contributed by atoms with E-state index in [-0.39, 0.29) is 36.3 Å². The largest absolute Gasteiger partial charge is 0.384 e. The van der Waals surface area contributed by atoms with E-state index in [1.807, 2.05) is 11.0 Å². The fourth-order valence-electron chi connectivity index (χ4n) is 5.47. The molecule has 1 amide bonds. The summed E-state index contributed by atoms with van der Waals surface area (Å²) in [5.74, 6) is -5.69. The number of carbonyl (C=O) groups is 1. The van der Waals surface area contributed by atoms with Crippen LogP contribution in [0.5, 0.6) is 0 Å². The van der Waals surface area contributed by atoms with Crippen molar-refractivity contribution in [3.63, 3.8) is 0 Å². The lowest BCUT2D eigenvalue weighted by molar-refractivity contribution is 0.0763. The quantitative estimate of drug-likeness (QED) is 0.224. The lowest BCUT2D eigenvalue weighted by Gasteiger charge is -2.20. The number of anilines is 1. The van der Waals surface area contributed by atoms with Crippen molar-refractivity contribution < 1.29 is 22.4 Å². The molecular weight excluding hydrogens is 528 g/mol. The highest BCUT2D eigenvalue weighted by molar-refractivity contribution is 6.02. The Bertz CT molecular complexity index is 1650. The zero-order valence-electron chi connectivity index (χ0n) is 21.4. The Labute approximate surface area is 226 Å². The van der Waals surface area contributed by atoms with Gasteiger partial charge in [0.05, 0.1) is 16.7 Å². The molecule has 40 heavy (non-hydrogen) atoms. The van der Waals surface area contributed by atoms with Crippen molar-refractivity contribution in [2.24, 2.45) is 0 Å². The summed E-state index contributed by atoms with van der Waals surface area (Å²) in [7, 11) is 0. The van der Waals surface area contributed by atoms with Gasteiger partial charge in [-0.1, -0.05) is 0 Å². The number of aromatic nitrogens is 3.